The van der Waals surface area contributed by atoms with Gasteiger partial charge in [-0.25, -0.2) is 9.34 Å². The first-order valence-electron chi connectivity index (χ1n) is 12.3. The second-order valence-corrected chi connectivity index (χ2v) is 12.6. The lowest BCUT2D eigenvalue weighted by molar-refractivity contribution is 0.126. The zero-order valence-electron chi connectivity index (χ0n) is 23.8. The van der Waals surface area contributed by atoms with E-state index < -0.39 is 17.1 Å². The molecule has 1 unspecified atom stereocenters. The second kappa shape index (κ2) is 19.3. The van der Waals surface area contributed by atoms with Crippen LogP contribution in [0.15, 0.2) is 0 Å². The first-order chi connectivity index (χ1) is 15.1. The van der Waals surface area contributed by atoms with E-state index in [1.165, 1.54) is 0 Å². The van der Waals surface area contributed by atoms with Crippen molar-refractivity contribution in [2.75, 3.05) is 6.61 Å². The highest BCUT2D eigenvalue weighted by Gasteiger charge is 2.29. The van der Waals surface area contributed by atoms with Gasteiger partial charge >= 0.3 is 0 Å². The smallest absolute Gasteiger partial charge is 0.259 e. The molecule has 7 nitrogen and oxygen atoms in total. The Bertz CT molecular complexity index is 486. The van der Waals surface area contributed by atoms with Crippen molar-refractivity contribution in [3.63, 3.8) is 0 Å². The fourth-order valence-electron chi connectivity index (χ4n) is 2.94. The van der Waals surface area contributed by atoms with Crippen LogP contribution in [0.3, 0.4) is 0 Å². The van der Waals surface area contributed by atoms with E-state index >= 15 is 0 Å². The Morgan fingerprint density at radius 1 is 0.576 bits per heavy atom. The zero-order valence-corrected chi connectivity index (χ0v) is 25.6. The minimum atomic E-state index is -1.07. The fraction of sp³-hybridized carbons (Fsp3) is 0.958. The summed E-state index contributed by atoms with van der Waals surface area (Å²) >= 11 is 0. The predicted octanol–water partition coefficient (Wildman–Crippen LogP) is 7.87. The molecule has 9 heteroatoms. The SMILES string of the molecule is CC(C)OP(OC(C)C)N(C(C)C)C(C)C.CC(C)OP(OCCC#N)N(C(C)C)C(C)C. The van der Waals surface area contributed by atoms with Crippen LogP contribution in [0.5, 0.6) is 0 Å². The third-order valence-corrected chi connectivity index (χ3v) is 8.62. The van der Waals surface area contributed by atoms with Crippen LogP contribution in [-0.4, -0.2) is 58.4 Å². The van der Waals surface area contributed by atoms with E-state index in [-0.39, 0.29) is 18.3 Å². The van der Waals surface area contributed by atoms with Crippen LogP contribution in [0, 0.1) is 11.3 Å². The van der Waals surface area contributed by atoms with E-state index in [4.69, 9.17) is 23.4 Å². The van der Waals surface area contributed by atoms with Gasteiger partial charge < -0.3 is 18.1 Å². The van der Waals surface area contributed by atoms with Gasteiger partial charge in [-0.1, -0.05) is 0 Å². The second-order valence-electron chi connectivity index (χ2n) is 9.81. The molecule has 33 heavy (non-hydrogen) atoms. The van der Waals surface area contributed by atoms with Crippen molar-refractivity contribution in [3.8, 4) is 6.07 Å². The average Bonchev–Trinajstić information content (AvgIpc) is 2.59. The molecule has 1 atom stereocenters. The van der Waals surface area contributed by atoms with Crippen LogP contribution >= 0.6 is 17.1 Å². The number of rotatable bonds is 15. The zero-order chi connectivity index (χ0) is 26.3. The molecule has 0 saturated carbocycles. The summed E-state index contributed by atoms with van der Waals surface area (Å²) in [5, 5.41) is 8.54. The van der Waals surface area contributed by atoms with Gasteiger partial charge in [-0.05, 0) is 96.9 Å². The summed E-state index contributed by atoms with van der Waals surface area (Å²) in [5.74, 6) is 0. The quantitative estimate of drug-likeness (QED) is 0.164. The molecule has 0 radical (unpaired) electrons. The van der Waals surface area contributed by atoms with Crippen LogP contribution in [0.2, 0.25) is 0 Å². The molecule has 0 aromatic heterocycles. The molecule has 0 saturated heterocycles. The normalized spacial score (nSPS) is 13.4. The Kier molecular flexibility index (Phi) is 20.6. The lowest BCUT2D eigenvalue weighted by Crippen LogP contribution is -2.34. The molecule has 0 amide bonds. The van der Waals surface area contributed by atoms with Crippen molar-refractivity contribution in [2.45, 2.75) is 146 Å². The van der Waals surface area contributed by atoms with Gasteiger partial charge in [-0.3, -0.25) is 0 Å². The highest BCUT2D eigenvalue weighted by molar-refractivity contribution is 7.44. The largest absolute Gasteiger partial charge is 0.321 e. The van der Waals surface area contributed by atoms with Gasteiger partial charge in [0.1, 0.15) is 0 Å². The Labute approximate surface area is 208 Å². The molecular formula is C24H53N3O4P2. The lowest BCUT2D eigenvalue weighted by Gasteiger charge is -2.37. The molecule has 0 fully saturated rings. The van der Waals surface area contributed by atoms with Crippen molar-refractivity contribution in [3.05, 3.63) is 0 Å². The summed E-state index contributed by atoms with van der Waals surface area (Å²) in [4.78, 5) is 0. The molecule has 0 N–H and O–H groups in total. The van der Waals surface area contributed by atoms with E-state index in [9.17, 15) is 0 Å². The summed E-state index contributed by atoms with van der Waals surface area (Å²) in [5.41, 5.74) is 0. The third kappa shape index (κ3) is 17.2. The molecule has 0 aromatic carbocycles. The summed E-state index contributed by atoms with van der Waals surface area (Å²) < 4.78 is 27.9. The Morgan fingerprint density at radius 2 is 0.879 bits per heavy atom. The molecule has 0 aliphatic heterocycles. The number of nitrogens with zero attached hydrogens (tertiary/aromatic N) is 3. The van der Waals surface area contributed by atoms with Crippen molar-refractivity contribution < 1.29 is 18.1 Å². The van der Waals surface area contributed by atoms with Crippen LogP contribution in [0.1, 0.15) is 103 Å². The van der Waals surface area contributed by atoms with E-state index in [1.807, 2.05) is 13.8 Å². The van der Waals surface area contributed by atoms with Crippen molar-refractivity contribution in [2.24, 2.45) is 0 Å². The number of nitriles is 1. The monoisotopic (exact) mass is 509 g/mol. The van der Waals surface area contributed by atoms with Gasteiger partial charge in [0, 0.05) is 24.2 Å². The van der Waals surface area contributed by atoms with Crippen LogP contribution in [0.25, 0.3) is 0 Å². The van der Waals surface area contributed by atoms with Crippen molar-refractivity contribution in [1.82, 2.24) is 9.34 Å². The van der Waals surface area contributed by atoms with Crippen molar-refractivity contribution in [1.29, 1.82) is 5.26 Å². The van der Waals surface area contributed by atoms with Gasteiger partial charge in [-0.15, -0.1) is 0 Å². The Hall–Kier alpha value is 0.110. The predicted molar refractivity (Wildman–Crippen MR) is 143 cm³/mol. The van der Waals surface area contributed by atoms with E-state index in [2.05, 4.69) is 98.5 Å². The molecule has 0 aliphatic carbocycles. The van der Waals surface area contributed by atoms with Gasteiger partial charge in [0.25, 0.3) is 17.1 Å². The Balaban J connectivity index is 0. The third-order valence-electron chi connectivity index (χ3n) is 3.81. The minimum absolute atomic E-state index is 0.128. The number of hydrogen-bond donors (Lipinski definition) is 0. The van der Waals surface area contributed by atoms with Gasteiger partial charge in [0.05, 0.1) is 37.4 Å². The van der Waals surface area contributed by atoms with Crippen LogP contribution < -0.4 is 0 Å². The molecule has 0 spiro atoms. The topological polar surface area (TPSA) is 67.2 Å². The van der Waals surface area contributed by atoms with Crippen molar-refractivity contribution >= 4 is 17.1 Å². The standard InChI is InChI=1S/C12H25N2O2P.C12H28NO2P/c1-10(2)14(11(3)4)17(16-12(5)6)15-9-7-8-13;1-9(2)13(10(3)4)16(14-11(5)6)15-12(7)8/h10-12H,7,9H2,1-6H3;9-12H,1-8H3. The van der Waals surface area contributed by atoms with Gasteiger partial charge in [0.2, 0.25) is 0 Å². The molecule has 0 heterocycles. The maximum absolute atomic E-state index is 8.54. The Morgan fingerprint density at radius 3 is 1.15 bits per heavy atom. The first-order valence-corrected chi connectivity index (χ1v) is 14.6. The summed E-state index contributed by atoms with van der Waals surface area (Å²) in [6, 6.07) is 3.68. The summed E-state index contributed by atoms with van der Waals surface area (Å²) in [6.45, 7) is 29.9. The lowest BCUT2D eigenvalue weighted by atomic mass is 10.3. The van der Waals surface area contributed by atoms with Gasteiger partial charge in [0.15, 0.2) is 0 Å². The van der Waals surface area contributed by atoms with Crippen LogP contribution in [0.4, 0.5) is 0 Å². The summed E-state index contributed by atoms with van der Waals surface area (Å²) in [6.07, 6.45) is 0.933. The molecule has 0 bridgehead atoms. The van der Waals surface area contributed by atoms with E-state index in [1.54, 1.807) is 0 Å². The average molecular weight is 510 g/mol. The van der Waals surface area contributed by atoms with E-state index in [0.29, 0.717) is 37.2 Å². The summed E-state index contributed by atoms with van der Waals surface area (Å²) in [7, 11) is -2.02. The number of hydrogen-bond acceptors (Lipinski definition) is 7. The maximum atomic E-state index is 8.54. The molecule has 0 aliphatic rings. The van der Waals surface area contributed by atoms with Crippen LogP contribution in [-0.2, 0) is 18.1 Å². The first kappa shape index (κ1) is 35.3. The fourth-order valence-corrected chi connectivity index (χ4v) is 6.35. The molecule has 0 rings (SSSR count). The maximum Gasteiger partial charge on any atom is 0.259 e. The van der Waals surface area contributed by atoms with Gasteiger partial charge in [-0.2, -0.15) is 5.26 Å². The molecule has 198 valence electrons. The molecular weight excluding hydrogens is 456 g/mol. The highest BCUT2D eigenvalue weighted by atomic mass is 31.2. The minimum Gasteiger partial charge on any atom is -0.321 e. The van der Waals surface area contributed by atoms with E-state index in [0.717, 1.165) is 0 Å². The highest BCUT2D eigenvalue weighted by Crippen LogP contribution is 2.48. The molecule has 0 aromatic rings.